The number of hydrogen-bond acceptors (Lipinski definition) is 4. The highest BCUT2D eigenvalue weighted by atomic mass is 35.5. The Morgan fingerprint density at radius 3 is 2.07 bits per heavy atom. The third kappa shape index (κ3) is 11.9. The van der Waals surface area contributed by atoms with Crippen molar-refractivity contribution in [1.82, 2.24) is 0 Å². The third-order valence-electron chi connectivity index (χ3n) is 4.19. The lowest BCUT2D eigenvalue weighted by molar-refractivity contribution is -0.150. The van der Waals surface area contributed by atoms with Crippen LogP contribution in [0.1, 0.15) is 70.3 Å². The van der Waals surface area contributed by atoms with E-state index in [1.807, 2.05) is 0 Å². The predicted octanol–water partition coefficient (Wildman–Crippen LogP) is 6.15. The summed E-state index contributed by atoms with van der Waals surface area (Å²) in [5.41, 5.74) is 0.864. The molecule has 0 spiro atoms. The summed E-state index contributed by atoms with van der Waals surface area (Å²) >= 11 is 11.9. The van der Waals surface area contributed by atoms with Crippen molar-refractivity contribution >= 4 is 35.1 Å². The van der Waals surface area contributed by atoms with Crippen LogP contribution in [0.25, 0.3) is 0 Å². The molecule has 4 nitrogen and oxygen atoms in total. The smallest absolute Gasteiger partial charge is 0.306 e. The molecule has 0 aliphatic carbocycles. The van der Waals surface area contributed by atoms with Gasteiger partial charge in [0, 0.05) is 16.5 Å². The Labute approximate surface area is 172 Å². The van der Waals surface area contributed by atoms with Crippen LogP contribution in [0.2, 0.25) is 10.0 Å². The third-order valence-corrected chi connectivity index (χ3v) is 4.78. The lowest BCUT2D eigenvalue weighted by Gasteiger charge is -2.07. The summed E-state index contributed by atoms with van der Waals surface area (Å²) in [5, 5.41) is 1.11. The summed E-state index contributed by atoms with van der Waals surface area (Å²) in [7, 11) is 0. The molecule has 0 bridgehead atoms. The fourth-order valence-electron chi connectivity index (χ4n) is 2.59. The van der Waals surface area contributed by atoms with E-state index in [4.69, 9.17) is 32.7 Å². The Bertz CT molecular complexity index is 575. The van der Waals surface area contributed by atoms with Crippen molar-refractivity contribution in [2.24, 2.45) is 0 Å². The topological polar surface area (TPSA) is 52.6 Å². The Hall–Kier alpha value is -1.26. The zero-order chi connectivity index (χ0) is 19.9. The normalized spacial score (nSPS) is 10.6. The standard InChI is InChI=1S/C21H30Cl2O4/c1-2-3-4-5-6-7-8-14-26-20(24)11-12-21(25)27-15-13-17-9-10-18(22)16-19(17)23/h9-10,16H,2-8,11-15H2,1H3. The molecule has 1 aromatic rings. The van der Waals surface area contributed by atoms with Crippen LogP contribution in [0.3, 0.4) is 0 Å². The highest BCUT2D eigenvalue weighted by Crippen LogP contribution is 2.21. The maximum atomic E-state index is 11.7. The van der Waals surface area contributed by atoms with Gasteiger partial charge >= 0.3 is 11.9 Å². The molecular formula is C21H30Cl2O4. The van der Waals surface area contributed by atoms with Crippen LogP contribution in [0.4, 0.5) is 0 Å². The number of carbonyl (C=O) groups excluding carboxylic acids is 2. The summed E-state index contributed by atoms with van der Waals surface area (Å²) in [6.07, 6.45) is 8.79. The van der Waals surface area contributed by atoms with Gasteiger partial charge in [-0.3, -0.25) is 9.59 Å². The Morgan fingerprint density at radius 1 is 0.852 bits per heavy atom. The van der Waals surface area contributed by atoms with E-state index in [0.29, 0.717) is 23.1 Å². The molecule has 0 atom stereocenters. The minimum Gasteiger partial charge on any atom is -0.466 e. The van der Waals surface area contributed by atoms with Crippen molar-refractivity contribution in [3.05, 3.63) is 33.8 Å². The second-order valence-corrected chi connectivity index (χ2v) is 7.39. The van der Waals surface area contributed by atoms with Crippen molar-refractivity contribution in [1.29, 1.82) is 0 Å². The average molecular weight is 417 g/mol. The molecule has 0 unspecified atom stereocenters. The minimum atomic E-state index is -0.409. The SMILES string of the molecule is CCCCCCCCCOC(=O)CCC(=O)OCCc1ccc(Cl)cc1Cl. The fraction of sp³-hybridized carbons (Fsp3) is 0.619. The number of benzene rings is 1. The summed E-state index contributed by atoms with van der Waals surface area (Å²) < 4.78 is 10.3. The molecule has 0 saturated heterocycles. The van der Waals surface area contributed by atoms with E-state index < -0.39 is 5.97 Å². The van der Waals surface area contributed by atoms with Gasteiger partial charge in [-0.2, -0.15) is 0 Å². The number of carbonyl (C=O) groups is 2. The van der Waals surface area contributed by atoms with Crippen molar-refractivity contribution in [3.63, 3.8) is 0 Å². The van der Waals surface area contributed by atoms with Crippen molar-refractivity contribution in [2.75, 3.05) is 13.2 Å². The van der Waals surface area contributed by atoms with Crippen LogP contribution in [-0.2, 0) is 25.5 Å². The quantitative estimate of drug-likeness (QED) is 0.269. The molecule has 0 amide bonds. The molecule has 0 N–H and O–H groups in total. The number of ether oxygens (including phenoxy) is 2. The van der Waals surface area contributed by atoms with E-state index >= 15 is 0 Å². The molecule has 1 rings (SSSR count). The molecule has 0 fully saturated rings. The van der Waals surface area contributed by atoms with Crippen molar-refractivity contribution in [2.45, 2.75) is 71.1 Å². The molecule has 1 aromatic carbocycles. The van der Waals surface area contributed by atoms with Gasteiger partial charge in [0.05, 0.1) is 26.1 Å². The van der Waals surface area contributed by atoms with Crippen molar-refractivity contribution < 1.29 is 19.1 Å². The van der Waals surface area contributed by atoms with Gasteiger partial charge in [-0.1, -0.05) is 74.7 Å². The van der Waals surface area contributed by atoms with Gasteiger partial charge in [0.15, 0.2) is 0 Å². The maximum Gasteiger partial charge on any atom is 0.306 e. The summed E-state index contributed by atoms with van der Waals surface area (Å²) in [6, 6.07) is 5.20. The molecule has 27 heavy (non-hydrogen) atoms. The molecule has 0 heterocycles. The van der Waals surface area contributed by atoms with Crippen LogP contribution in [-0.4, -0.2) is 25.2 Å². The molecule has 152 valence electrons. The lowest BCUT2D eigenvalue weighted by atomic mass is 10.1. The number of hydrogen-bond donors (Lipinski definition) is 0. The van der Waals surface area contributed by atoms with E-state index in [1.165, 1.54) is 32.1 Å². The maximum absolute atomic E-state index is 11.7. The Balaban J connectivity index is 2.03. The van der Waals surface area contributed by atoms with E-state index in [2.05, 4.69) is 6.92 Å². The summed E-state index contributed by atoms with van der Waals surface area (Å²) in [6.45, 7) is 2.84. The van der Waals surface area contributed by atoms with Crippen LogP contribution in [0.15, 0.2) is 18.2 Å². The monoisotopic (exact) mass is 416 g/mol. The van der Waals surface area contributed by atoms with E-state index in [-0.39, 0.29) is 25.4 Å². The Kier molecular flexibility index (Phi) is 13.0. The minimum absolute atomic E-state index is 0.0319. The number of rotatable bonds is 14. The highest BCUT2D eigenvalue weighted by molar-refractivity contribution is 6.35. The van der Waals surface area contributed by atoms with Gasteiger partial charge in [0.2, 0.25) is 0 Å². The average Bonchev–Trinajstić information content (AvgIpc) is 2.64. The zero-order valence-corrected chi connectivity index (χ0v) is 17.6. The van der Waals surface area contributed by atoms with Crippen LogP contribution >= 0.6 is 23.2 Å². The van der Waals surface area contributed by atoms with Gasteiger partial charge in [0.25, 0.3) is 0 Å². The molecule has 6 heteroatoms. The van der Waals surface area contributed by atoms with Gasteiger partial charge < -0.3 is 9.47 Å². The summed E-state index contributed by atoms with van der Waals surface area (Å²) in [5.74, 6) is -0.758. The van der Waals surface area contributed by atoms with Gasteiger partial charge in [-0.15, -0.1) is 0 Å². The predicted molar refractivity (Wildman–Crippen MR) is 109 cm³/mol. The zero-order valence-electron chi connectivity index (χ0n) is 16.1. The van der Waals surface area contributed by atoms with Crippen molar-refractivity contribution in [3.8, 4) is 0 Å². The molecule has 0 aliphatic rings. The van der Waals surface area contributed by atoms with E-state index in [9.17, 15) is 9.59 Å². The van der Waals surface area contributed by atoms with Crippen LogP contribution in [0.5, 0.6) is 0 Å². The van der Waals surface area contributed by atoms with Crippen LogP contribution in [0, 0.1) is 0 Å². The van der Waals surface area contributed by atoms with Gasteiger partial charge in [0.1, 0.15) is 0 Å². The molecule has 0 aliphatic heterocycles. The Morgan fingerprint density at radius 2 is 1.44 bits per heavy atom. The lowest BCUT2D eigenvalue weighted by Crippen LogP contribution is -2.12. The number of unbranched alkanes of at least 4 members (excludes halogenated alkanes) is 6. The first kappa shape index (κ1) is 23.8. The molecular weight excluding hydrogens is 387 g/mol. The largest absolute Gasteiger partial charge is 0.466 e. The van der Waals surface area contributed by atoms with E-state index in [1.54, 1.807) is 18.2 Å². The molecule has 0 saturated carbocycles. The highest BCUT2D eigenvalue weighted by Gasteiger charge is 2.10. The second kappa shape index (κ2) is 14.8. The van der Waals surface area contributed by atoms with Gasteiger partial charge in [-0.25, -0.2) is 0 Å². The van der Waals surface area contributed by atoms with Gasteiger partial charge in [-0.05, 0) is 24.1 Å². The first-order valence-electron chi connectivity index (χ1n) is 9.78. The van der Waals surface area contributed by atoms with E-state index in [0.717, 1.165) is 18.4 Å². The molecule has 0 aromatic heterocycles. The van der Waals surface area contributed by atoms with Crippen LogP contribution < -0.4 is 0 Å². The summed E-state index contributed by atoms with van der Waals surface area (Å²) in [4.78, 5) is 23.3. The number of halogens is 2. The molecule has 0 radical (unpaired) electrons. The first-order chi connectivity index (χ1) is 13.0. The second-order valence-electron chi connectivity index (χ2n) is 6.55. The first-order valence-corrected chi connectivity index (χ1v) is 10.5. The fourth-order valence-corrected chi connectivity index (χ4v) is 3.10. The number of esters is 2.